The Morgan fingerprint density at radius 3 is 2.37 bits per heavy atom. The number of hydrogen-bond acceptors (Lipinski definition) is 4. The summed E-state index contributed by atoms with van der Waals surface area (Å²) < 4.78 is 19.3. The van der Waals surface area contributed by atoms with Crippen LogP contribution in [-0.2, 0) is 25.4 Å². The fourth-order valence-electron chi connectivity index (χ4n) is 6.83. The van der Waals surface area contributed by atoms with Crippen LogP contribution in [0, 0.1) is 16.7 Å². The summed E-state index contributed by atoms with van der Waals surface area (Å²) in [5, 5.41) is 0. The van der Waals surface area contributed by atoms with Crippen LogP contribution in [0.15, 0.2) is 30.3 Å². The first-order valence-electron chi connectivity index (χ1n) is 11.7. The summed E-state index contributed by atoms with van der Waals surface area (Å²) in [5.74, 6) is 1.26. The Labute approximate surface area is 181 Å². The van der Waals surface area contributed by atoms with Crippen molar-refractivity contribution in [2.24, 2.45) is 16.7 Å². The van der Waals surface area contributed by atoms with Crippen molar-refractivity contribution in [1.82, 2.24) is 0 Å². The van der Waals surface area contributed by atoms with Crippen molar-refractivity contribution in [1.29, 1.82) is 0 Å². The maximum absolute atomic E-state index is 12.2. The third-order valence-corrected chi connectivity index (χ3v) is 8.98. The third-order valence-electron chi connectivity index (χ3n) is 8.98. The van der Waals surface area contributed by atoms with Crippen molar-refractivity contribution in [2.45, 2.75) is 89.8 Å². The first-order chi connectivity index (χ1) is 14.2. The van der Waals surface area contributed by atoms with Gasteiger partial charge in [-0.15, -0.1) is 0 Å². The number of hydrogen-bond donors (Lipinski definition) is 0. The van der Waals surface area contributed by atoms with E-state index in [-0.39, 0.29) is 29.2 Å². The highest BCUT2D eigenvalue weighted by atomic mass is 16.7. The zero-order valence-corrected chi connectivity index (χ0v) is 18.9. The quantitative estimate of drug-likeness (QED) is 0.605. The number of carbonyl (C=O) groups is 1. The molecule has 2 unspecified atom stereocenters. The van der Waals surface area contributed by atoms with Gasteiger partial charge in [0.25, 0.3) is 0 Å². The van der Waals surface area contributed by atoms with Gasteiger partial charge in [-0.25, -0.2) is 0 Å². The molecule has 5 aliphatic rings. The van der Waals surface area contributed by atoms with Gasteiger partial charge in [-0.2, -0.15) is 0 Å². The lowest BCUT2D eigenvalue weighted by Gasteiger charge is -2.79. The molecule has 1 saturated heterocycles. The average molecular weight is 410 g/mol. The van der Waals surface area contributed by atoms with Crippen LogP contribution in [0.2, 0.25) is 5.82 Å². The first kappa shape index (κ1) is 20.7. The van der Waals surface area contributed by atoms with Crippen molar-refractivity contribution in [3.8, 4) is 0 Å². The molecule has 162 valence electrons. The molecule has 1 aliphatic heterocycles. The molecule has 2 atom stereocenters. The predicted octanol–water partition coefficient (Wildman–Crippen LogP) is 5.21. The zero-order valence-electron chi connectivity index (χ0n) is 18.9. The lowest BCUT2D eigenvalue weighted by Crippen LogP contribution is -2.75. The van der Waals surface area contributed by atoms with E-state index in [1.165, 1.54) is 12.0 Å². The summed E-state index contributed by atoms with van der Waals surface area (Å²) >= 11 is 0. The highest BCUT2D eigenvalue weighted by molar-refractivity contribution is 6.49. The summed E-state index contributed by atoms with van der Waals surface area (Å²) in [7, 11) is -0.199. The minimum absolute atomic E-state index is 0.135. The molecule has 4 saturated carbocycles. The molecule has 5 heteroatoms. The Bertz CT molecular complexity index is 796. The molecule has 4 aliphatic carbocycles. The highest BCUT2D eigenvalue weighted by Crippen LogP contribution is 2.85. The van der Waals surface area contributed by atoms with Crippen LogP contribution < -0.4 is 0 Å². The topological polar surface area (TPSA) is 44.8 Å². The van der Waals surface area contributed by atoms with Gasteiger partial charge in [0.05, 0.1) is 24.4 Å². The summed E-state index contributed by atoms with van der Waals surface area (Å²) in [6.07, 6.45) is 6.03. The lowest BCUT2D eigenvalue weighted by molar-refractivity contribution is -0.268. The molecule has 5 fully saturated rings. The van der Waals surface area contributed by atoms with Crippen LogP contribution in [-0.4, -0.2) is 30.7 Å². The Balaban J connectivity index is 1.33. The van der Waals surface area contributed by atoms with Crippen LogP contribution >= 0.6 is 0 Å². The second kappa shape index (κ2) is 6.92. The predicted molar refractivity (Wildman–Crippen MR) is 117 cm³/mol. The van der Waals surface area contributed by atoms with Crippen molar-refractivity contribution in [3.63, 3.8) is 0 Å². The molecule has 0 amide bonds. The zero-order chi connectivity index (χ0) is 21.2. The van der Waals surface area contributed by atoms with Crippen molar-refractivity contribution >= 4 is 12.9 Å². The van der Waals surface area contributed by atoms with E-state index in [1.54, 1.807) is 0 Å². The van der Waals surface area contributed by atoms with Gasteiger partial charge < -0.3 is 14.0 Å². The Kier molecular flexibility index (Phi) is 4.78. The van der Waals surface area contributed by atoms with Crippen molar-refractivity contribution < 1.29 is 18.8 Å². The molecule has 0 N–H and O–H groups in total. The van der Waals surface area contributed by atoms with Crippen LogP contribution in [0.25, 0.3) is 0 Å². The number of benzene rings is 1. The molecule has 6 rings (SSSR count). The van der Waals surface area contributed by atoms with Gasteiger partial charge in [0.2, 0.25) is 0 Å². The Morgan fingerprint density at radius 1 is 1.07 bits per heavy atom. The minimum atomic E-state index is -0.324. The lowest BCUT2D eigenvalue weighted by atomic mass is 9.19. The SMILES string of the molecule is CC1(C)OB(C2C3(COCc4ccccc4)CC2(C2CCCC(=O)C2)C3)OC1(C)C. The smallest absolute Gasteiger partial charge is 0.403 e. The van der Waals surface area contributed by atoms with E-state index in [1.807, 2.05) is 6.07 Å². The van der Waals surface area contributed by atoms with E-state index in [0.29, 0.717) is 24.1 Å². The molecule has 0 aromatic heterocycles. The molecular weight excluding hydrogens is 375 g/mol. The highest BCUT2D eigenvalue weighted by Gasteiger charge is 2.82. The van der Waals surface area contributed by atoms with Crippen molar-refractivity contribution in [2.75, 3.05) is 6.61 Å². The molecule has 0 radical (unpaired) electrons. The van der Waals surface area contributed by atoms with E-state index in [9.17, 15) is 4.79 Å². The van der Waals surface area contributed by atoms with Crippen LogP contribution in [0.1, 0.15) is 71.8 Å². The van der Waals surface area contributed by atoms with Gasteiger partial charge in [0, 0.05) is 18.7 Å². The molecule has 1 aromatic rings. The van der Waals surface area contributed by atoms with E-state index >= 15 is 0 Å². The molecular formula is C25H35BO4. The molecule has 2 bridgehead atoms. The van der Waals surface area contributed by atoms with E-state index in [4.69, 9.17) is 14.0 Å². The molecule has 4 nitrogen and oxygen atoms in total. The first-order valence-corrected chi connectivity index (χ1v) is 11.7. The van der Waals surface area contributed by atoms with Crippen LogP contribution in [0.3, 0.4) is 0 Å². The fourth-order valence-corrected chi connectivity index (χ4v) is 6.83. The molecule has 1 heterocycles. The standard InChI is InChI=1S/C25H35BO4/c1-22(2)23(3,4)30-26(29-22)21-24(17-28-14-18-9-6-5-7-10-18)15-25(21,16-24)19-11-8-12-20(27)13-19/h5-7,9-10,19,21H,8,11-17H2,1-4H3. The normalized spacial score (nSPS) is 38.8. The number of rotatable bonds is 6. The number of carbonyl (C=O) groups excluding carboxylic acids is 1. The fraction of sp³-hybridized carbons (Fsp3) is 0.720. The second-order valence-corrected chi connectivity index (χ2v) is 11.4. The van der Waals surface area contributed by atoms with Gasteiger partial charge in [-0.1, -0.05) is 30.3 Å². The van der Waals surface area contributed by atoms with E-state index in [2.05, 4.69) is 52.0 Å². The van der Waals surface area contributed by atoms with Crippen molar-refractivity contribution in [3.05, 3.63) is 35.9 Å². The minimum Gasteiger partial charge on any atom is -0.403 e. The summed E-state index contributed by atoms with van der Waals surface area (Å²) in [5.41, 5.74) is 0.901. The maximum Gasteiger partial charge on any atom is 0.462 e. The van der Waals surface area contributed by atoms with Gasteiger partial charge in [0.15, 0.2) is 0 Å². The summed E-state index contributed by atoms with van der Waals surface area (Å²) in [4.78, 5) is 12.2. The Hall–Kier alpha value is -1.17. The molecule has 1 aromatic carbocycles. The molecule has 30 heavy (non-hydrogen) atoms. The van der Waals surface area contributed by atoms with E-state index < -0.39 is 0 Å². The maximum atomic E-state index is 12.2. The van der Waals surface area contributed by atoms with Crippen LogP contribution in [0.5, 0.6) is 0 Å². The third kappa shape index (κ3) is 3.03. The van der Waals surface area contributed by atoms with Gasteiger partial charge in [0.1, 0.15) is 5.78 Å². The number of ketones is 1. The van der Waals surface area contributed by atoms with Crippen LogP contribution in [0.4, 0.5) is 0 Å². The average Bonchev–Trinajstić information content (AvgIpc) is 2.83. The summed E-state index contributed by atoms with van der Waals surface area (Å²) in [6, 6.07) is 10.4. The monoisotopic (exact) mass is 410 g/mol. The Morgan fingerprint density at radius 2 is 1.73 bits per heavy atom. The summed E-state index contributed by atoms with van der Waals surface area (Å²) in [6.45, 7) is 9.92. The van der Waals surface area contributed by atoms with E-state index in [0.717, 1.165) is 38.7 Å². The largest absolute Gasteiger partial charge is 0.462 e. The van der Waals surface area contributed by atoms with Gasteiger partial charge in [-0.05, 0) is 75.7 Å². The van der Waals surface area contributed by atoms with Gasteiger partial charge >= 0.3 is 7.12 Å². The second-order valence-electron chi connectivity index (χ2n) is 11.4. The number of Topliss-reactive ketones (excluding diaryl/α,β-unsaturated/α-hetero) is 1. The molecule has 0 spiro atoms. The number of ether oxygens (including phenoxy) is 1. The van der Waals surface area contributed by atoms with Gasteiger partial charge in [-0.3, -0.25) is 4.79 Å².